The summed E-state index contributed by atoms with van der Waals surface area (Å²) in [6.07, 6.45) is 1.60. The second kappa shape index (κ2) is 8.58. The molecule has 4 rings (SSSR count). The van der Waals surface area contributed by atoms with Crippen molar-refractivity contribution >= 4 is 17.5 Å². The van der Waals surface area contributed by atoms with E-state index in [0.717, 1.165) is 30.5 Å². The predicted molar refractivity (Wildman–Crippen MR) is 116 cm³/mol. The zero-order chi connectivity index (χ0) is 21.3. The third-order valence-corrected chi connectivity index (χ3v) is 6.52. The summed E-state index contributed by atoms with van der Waals surface area (Å²) in [6.45, 7) is 2.86. The molecule has 0 bridgehead atoms. The monoisotopic (exact) mass is 407 g/mol. The quantitative estimate of drug-likeness (QED) is 0.817. The molecule has 0 saturated carbocycles. The molecule has 2 aromatic carbocycles. The number of piperidine rings is 2. The summed E-state index contributed by atoms with van der Waals surface area (Å²) < 4.78 is 5.45. The fourth-order valence-electron chi connectivity index (χ4n) is 4.77. The highest BCUT2D eigenvalue weighted by Crippen LogP contribution is 2.39. The minimum absolute atomic E-state index is 0.00341. The highest BCUT2D eigenvalue weighted by atomic mass is 16.5. The molecule has 158 valence electrons. The van der Waals surface area contributed by atoms with Crippen LogP contribution < -0.4 is 10.6 Å². The smallest absolute Gasteiger partial charge is 0.255 e. The number of nitrogens with zero attached hydrogens (tertiary/aromatic N) is 1. The summed E-state index contributed by atoms with van der Waals surface area (Å²) in [5, 5.41) is 6.40. The molecule has 0 aliphatic carbocycles. The van der Waals surface area contributed by atoms with Gasteiger partial charge < -0.3 is 15.0 Å². The van der Waals surface area contributed by atoms with Crippen LogP contribution in [-0.4, -0.2) is 49.7 Å². The molecule has 6 nitrogen and oxygen atoms in total. The van der Waals surface area contributed by atoms with Crippen LogP contribution >= 0.6 is 0 Å². The van der Waals surface area contributed by atoms with Crippen molar-refractivity contribution < 1.29 is 14.3 Å². The lowest BCUT2D eigenvalue weighted by Gasteiger charge is -2.47. The van der Waals surface area contributed by atoms with Crippen LogP contribution in [0.5, 0.6) is 0 Å². The Balaban J connectivity index is 1.56. The maximum Gasteiger partial charge on any atom is 0.255 e. The van der Waals surface area contributed by atoms with Crippen molar-refractivity contribution in [1.29, 1.82) is 0 Å². The Labute approximate surface area is 177 Å². The molecule has 6 heteroatoms. The van der Waals surface area contributed by atoms with Crippen LogP contribution in [0.2, 0.25) is 0 Å². The highest BCUT2D eigenvalue weighted by molar-refractivity contribution is 6.04. The maximum atomic E-state index is 13.3. The van der Waals surface area contributed by atoms with Gasteiger partial charge in [0.05, 0.1) is 5.92 Å². The van der Waals surface area contributed by atoms with E-state index >= 15 is 0 Å². The van der Waals surface area contributed by atoms with Crippen LogP contribution in [0.3, 0.4) is 0 Å². The predicted octanol–water partition coefficient (Wildman–Crippen LogP) is 3.14. The fraction of sp³-hybridized carbons (Fsp3) is 0.417. The molecule has 2 heterocycles. The molecule has 2 amide bonds. The van der Waals surface area contributed by atoms with Gasteiger partial charge in [-0.15, -0.1) is 0 Å². The van der Waals surface area contributed by atoms with Crippen molar-refractivity contribution in [2.24, 2.45) is 5.92 Å². The SMILES string of the molecule is COC1CC2C(CN1)CC(c1cc(NC(=O)c3ccccc3)ccc1C)C(=O)N2C. The average Bonchev–Trinajstić information content (AvgIpc) is 2.78. The Hall–Kier alpha value is -2.70. The van der Waals surface area contributed by atoms with Gasteiger partial charge in [0.25, 0.3) is 5.91 Å². The number of likely N-dealkylation sites (tertiary alicyclic amines) is 1. The van der Waals surface area contributed by atoms with Gasteiger partial charge >= 0.3 is 0 Å². The van der Waals surface area contributed by atoms with Gasteiger partial charge in [-0.05, 0) is 54.7 Å². The van der Waals surface area contributed by atoms with Crippen molar-refractivity contribution in [2.45, 2.75) is 38.0 Å². The third kappa shape index (κ3) is 3.98. The minimum atomic E-state index is -0.203. The number of fused-ring (bicyclic) bond motifs is 1. The lowest BCUT2D eigenvalue weighted by atomic mass is 9.76. The molecule has 0 radical (unpaired) electrons. The van der Waals surface area contributed by atoms with Gasteiger partial charge in [0.15, 0.2) is 0 Å². The van der Waals surface area contributed by atoms with Gasteiger partial charge in [0, 0.05) is 44.4 Å². The summed E-state index contributed by atoms with van der Waals surface area (Å²) in [4.78, 5) is 27.7. The lowest BCUT2D eigenvalue weighted by Crippen LogP contribution is -2.58. The number of rotatable bonds is 4. The fourth-order valence-corrected chi connectivity index (χ4v) is 4.77. The highest BCUT2D eigenvalue weighted by Gasteiger charge is 2.43. The molecule has 2 aliphatic heterocycles. The first-order valence-electron chi connectivity index (χ1n) is 10.5. The topological polar surface area (TPSA) is 70.7 Å². The van der Waals surface area contributed by atoms with E-state index in [1.807, 2.05) is 55.3 Å². The van der Waals surface area contributed by atoms with Gasteiger partial charge in [-0.25, -0.2) is 0 Å². The molecule has 30 heavy (non-hydrogen) atoms. The van der Waals surface area contributed by atoms with E-state index < -0.39 is 0 Å². The molecule has 2 N–H and O–H groups in total. The number of hydrogen-bond donors (Lipinski definition) is 2. The van der Waals surface area contributed by atoms with Gasteiger partial charge in [0.1, 0.15) is 6.23 Å². The Bertz CT molecular complexity index is 931. The minimum Gasteiger partial charge on any atom is -0.367 e. The summed E-state index contributed by atoms with van der Waals surface area (Å²) in [5.74, 6) is 0.166. The van der Waals surface area contributed by atoms with Crippen molar-refractivity contribution in [3.63, 3.8) is 0 Å². The number of ether oxygens (including phenoxy) is 1. The molecule has 2 fully saturated rings. The van der Waals surface area contributed by atoms with E-state index in [1.54, 1.807) is 19.2 Å². The molecule has 4 unspecified atom stereocenters. The molecule has 2 aromatic rings. The molecular weight excluding hydrogens is 378 g/mol. The largest absolute Gasteiger partial charge is 0.367 e. The normalized spacial score (nSPS) is 26.2. The number of carbonyl (C=O) groups excluding carboxylic acids is 2. The lowest BCUT2D eigenvalue weighted by molar-refractivity contribution is -0.142. The Morgan fingerprint density at radius 1 is 1.17 bits per heavy atom. The van der Waals surface area contributed by atoms with Crippen LogP contribution in [0, 0.1) is 12.8 Å². The van der Waals surface area contributed by atoms with E-state index in [0.29, 0.717) is 17.2 Å². The number of carbonyl (C=O) groups is 2. The summed E-state index contributed by atoms with van der Waals surface area (Å²) in [7, 11) is 3.60. The van der Waals surface area contributed by atoms with Gasteiger partial charge in [-0.2, -0.15) is 0 Å². The molecule has 0 aromatic heterocycles. The van der Waals surface area contributed by atoms with Crippen molar-refractivity contribution in [1.82, 2.24) is 10.2 Å². The molecular formula is C24H29N3O3. The van der Waals surface area contributed by atoms with Crippen molar-refractivity contribution in [3.05, 3.63) is 65.2 Å². The third-order valence-electron chi connectivity index (χ3n) is 6.52. The number of likely N-dealkylation sites (N-methyl/N-ethyl adjacent to an activating group) is 1. The second-order valence-corrected chi connectivity index (χ2v) is 8.32. The van der Waals surface area contributed by atoms with Crippen LogP contribution in [0.25, 0.3) is 0 Å². The zero-order valence-corrected chi connectivity index (χ0v) is 17.7. The zero-order valence-electron chi connectivity index (χ0n) is 17.7. The molecule has 0 spiro atoms. The number of anilines is 1. The summed E-state index contributed by atoms with van der Waals surface area (Å²) >= 11 is 0. The average molecular weight is 408 g/mol. The molecule has 4 atom stereocenters. The molecule has 2 saturated heterocycles. The second-order valence-electron chi connectivity index (χ2n) is 8.32. The first-order valence-corrected chi connectivity index (χ1v) is 10.5. The Kier molecular flexibility index (Phi) is 5.88. The van der Waals surface area contributed by atoms with Crippen LogP contribution in [-0.2, 0) is 9.53 Å². The van der Waals surface area contributed by atoms with Crippen molar-refractivity contribution in [2.75, 3.05) is 26.0 Å². The van der Waals surface area contributed by atoms with Crippen LogP contribution in [0.1, 0.15) is 40.2 Å². The Morgan fingerprint density at radius 3 is 2.67 bits per heavy atom. The first kappa shape index (κ1) is 20.6. The van der Waals surface area contributed by atoms with Gasteiger partial charge in [0.2, 0.25) is 5.91 Å². The number of nitrogens with one attached hydrogen (secondary N) is 2. The van der Waals surface area contributed by atoms with E-state index in [9.17, 15) is 9.59 Å². The number of methoxy groups -OCH3 is 1. The van der Waals surface area contributed by atoms with Crippen LogP contribution in [0.4, 0.5) is 5.69 Å². The van der Waals surface area contributed by atoms with Crippen molar-refractivity contribution in [3.8, 4) is 0 Å². The van der Waals surface area contributed by atoms with E-state index in [-0.39, 0.29) is 30.0 Å². The standard InChI is InChI=1S/C24H29N3O3/c1-15-9-10-18(26-23(28)16-7-5-4-6-8-16)12-19(15)20-11-17-14-25-22(30-3)13-21(17)27(2)24(20)29/h4-10,12,17,20-22,25H,11,13-14H2,1-3H3,(H,26,28). The maximum absolute atomic E-state index is 13.3. The number of aryl methyl sites for hydroxylation is 1. The number of hydrogen-bond acceptors (Lipinski definition) is 4. The van der Waals surface area contributed by atoms with Gasteiger partial charge in [-0.1, -0.05) is 24.3 Å². The summed E-state index contributed by atoms with van der Waals surface area (Å²) in [5.41, 5.74) is 3.38. The Morgan fingerprint density at radius 2 is 1.93 bits per heavy atom. The number of amides is 2. The van der Waals surface area contributed by atoms with E-state index in [1.165, 1.54) is 0 Å². The first-order chi connectivity index (χ1) is 14.5. The summed E-state index contributed by atoms with van der Waals surface area (Å²) in [6, 6.07) is 15.2. The van der Waals surface area contributed by atoms with Gasteiger partial charge in [-0.3, -0.25) is 14.9 Å². The van der Waals surface area contributed by atoms with E-state index in [2.05, 4.69) is 10.6 Å². The van der Waals surface area contributed by atoms with Crippen LogP contribution in [0.15, 0.2) is 48.5 Å². The molecule has 2 aliphatic rings. The number of benzene rings is 2. The van der Waals surface area contributed by atoms with E-state index in [4.69, 9.17) is 4.74 Å².